The molecular weight excluding hydrogens is 419 g/mol. The largest absolute Gasteiger partial charge is 0.489 e. The van der Waals surface area contributed by atoms with Crippen molar-refractivity contribution < 1.29 is 18.7 Å². The molecule has 1 heterocycles. The zero-order valence-corrected chi connectivity index (χ0v) is 19.7. The van der Waals surface area contributed by atoms with E-state index in [9.17, 15) is 9.18 Å². The Balaban J connectivity index is 1.30. The van der Waals surface area contributed by atoms with Gasteiger partial charge < -0.3 is 19.7 Å². The highest BCUT2D eigenvalue weighted by Crippen LogP contribution is 2.30. The van der Waals surface area contributed by atoms with Crippen LogP contribution in [0.15, 0.2) is 18.2 Å². The first kappa shape index (κ1) is 24.1. The van der Waals surface area contributed by atoms with Crippen molar-refractivity contribution in [1.82, 2.24) is 10.2 Å². The van der Waals surface area contributed by atoms with E-state index < -0.39 is 5.60 Å². The van der Waals surface area contributed by atoms with Crippen molar-refractivity contribution >= 4 is 17.7 Å². The number of nitrogens with zero attached hydrogens (tertiary/aromatic N) is 1. The molecule has 0 aromatic heterocycles. The summed E-state index contributed by atoms with van der Waals surface area (Å²) >= 11 is 6.07. The van der Waals surface area contributed by atoms with Gasteiger partial charge in [-0.05, 0) is 96.4 Å². The van der Waals surface area contributed by atoms with Crippen LogP contribution in [0.1, 0.15) is 65.7 Å². The molecule has 1 aromatic carbocycles. The van der Waals surface area contributed by atoms with Gasteiger partial charge in [0.05, 0.1) is 5.02 Å². The van der Waals surface area contributed by atoms with Crippen LogP contribution in [0.4, 0.5) is 9.18 Å². The van der Waals surface area contributed by atoms with Crippen LogP contribution >= 0.6 is 11.6 Å². The van der Waals surface area contributed by atoms with E-state index in [1.807, 2.05) is 20.8 Å². The van der Waals surface area contributed by atoms with Crippen molar-refractivity contribution in [2.45, 2.75) is 83.5 Å². The fourth-order valence-corrected chi connectivity index (χ4v) is 4.65. The Morgan fingerprint density at radius 1 is 1.16 bits per heavy atom. The second kappa shape index (κ2) is 10.9. The maximum absolute atomic E-state index is 13.2. The molecule has 0 atom stereocenters. The number of carbonyl (C=O) groups excluding carboxylic acids is 1. The first-order valence-electron chi connectivity index (χ1n) is 11.5. The van der Waals surface area contributed by atoms with E-state index in [1.165, 1.54) is 18.6 Å². The van der Waals surface area contributed by atoms with Crippen LogP contribution in [-0.4, -0.2) is 48.4 Å². The Labute approximate surface area is 190 Å². The average molecular weight is 455 g/mol. The molecule has 7 heteroatoms. The van der Waals surface area contributed by atoms with Gasteiger partial charge in [-0.15, -0.1) is 0 Å². The van der Waals surface area contributed by atoms with Crippen LogP contribution in [0, 0.1) is 11.7 Å². The summed E-state index contributed by atoms with van der Waals surface area (Å²) in [5.41, 5.74) is -0.453. The standard InChI is InChI=1S/C24H36ClFN2O3/c1-24(2,3)31-23(29)27-19-7-4-17(5-8-19)10-13-28-14-11-20(12-15-28)30-22-9-6-18(26)16-21(22)25/h6,9,16-17,19-20H,4-5,7-8,10-15H2,1-3H3,(H,27,29). The van der Waals surface area contributed by atoms with E-state index in [1.54, 1.807) is 6.07 Å². The summed E-state index contributed by atoms with van der Waals surface area (Å²) in [6, 6.07) is 4.52. The molecule has 1 N–H and O–H groups in total. The van der Waals surface area contributed by atoms with Gasteiger partial charge in [-0.3, -0.25) is 0 Å². The predicted octanol–water partition coefficient (Wildman–Crippen LogP) is 5.80. The van der Waals surface area contributed by atoms with E-state index in [4.69, 9.17) is 21.1 Å². The molecule has 1 saturated carbocycles. The molecular formula is C24H36ClFN2O3. The predicted molar refractivity (Wildman–Crippen MR) is 121 cm³/mol. The van der Waals surface area contributed by atoms with Crippen molar-refractivity contribution in [3.8, 4) is 5.75 Å². The van der Waals surface area contributed by atoms with Crippen molar-refractivity contribution in [2.24, 2.45) is 5.92 Å². The van der Waals surface area contributed by atoms with Crippen molar-refractivity contribution in [1.29, 1.82) is 0 Å². The molecule has 0 radical (unpaired) electrons. The van der Waals surface area contributed by atoms with Crippen LogP contribution in [0.2, 0.25) is 5.02 Å². The Morgan fingerprint density at radius 3 is 2.45 bits per heavy atom. The van der Waals surface area contributed by atoms with Crippen molar-refractivity contribution in [3.63, 3.8) is 0 Å². The maximum atomic E-state index is 13.2. The van der Waals surface area contributed by atoms with E-state index in [0.717, 1.165) is 64.1 Å². The zero-order chi connectivity index (χ0) is 22.4. The zero-order valence-electron chi connectivity index (χ0n) is 19.0. The normalized spacial score (nSPS) is 23.4. The topological polar surface area (TPSA) is 50.8 Å². The lowest BCUT2D eigenvalue weighted by molar-refractivity contribution is 0.0484. The number of nitrogens with one attached hydrogen (secondary N) is 1. The lowest BCUT2D eigenvalue weighted by Gasteiger charge is -2.34. The van der Waals surface area contributed by atoms with Crippen LogP contribution < -0.4 is 10.1 Å². The SMILES string of the molecule is CC(C)(C)OC(=O)NC1CCC(CCN2CCC(Oc3ccc(F)cc3Cl)CC2)CC1. The molecule has 31 heavy (non-hydrogen) atoms. The number of halogens is 2. The summed E-state index contributed by atoms with van der Waals surface area (Å²) in [6.07, 6.45) is 7.31. The minimum Gasteiger partial charge on any atom is -0.489 e. The van der Waals surface area contributed by atoms with Crippen LogP contribution in [0.25, 0.3) is 0 Å². The van der Waals surface area contributed by atoms with E-state index in [-0.39, 0.29) is 24.1 Å². The summed E-state index contributed by atoms with van der Waals surface area (Å²) in [4.78, 5) is 14.5. The molecule has 0 unspecified atom stereocenters. The number of hydrogen-bond acceptors (Lipinski definition) is 4. The summed E-state index contributed by atoms with van der Waals surface area (Å²) in [5, 5.41) is 3.35. The molecule has 0 spiro atoms. The first-order valence-corrected chi connectivity index (χ1v) is 11.9. The minimum atomic E-state index is -0.453. The molecule has 2 aliphatic rings. The third-order valence-electron chi connectivity index (χ3n) is 6.14. The Hall–Kier alpha value is -1.53. The van der Waals surface area contributed by atoms with E-state index in [2.05, 4.69) is 10.2 Å². The van der Waals surface area contributed by atoms with E-state index in [0.29, 0.717) is 10.8 Å². The molecule has 1 saturated heterocycles. The number of alkyl carbamates (subject to hydrolysis) is 1. The van der Waals surface area contributed by atoms with Gasteiger partial charge in [0.1, 0.15) is 23.3 Å². The second-order valence-electron chi connectivity index (χ2n) is 9.89. The van der Waals surface area contributed by atoms with Crippen LogP contribution in [0.5, 0.6) is 5.75 Å². The van der Waals surface area contributed by atoms with Gasteiger partial charge in [-0.1, -0.05) is 11.6 Å². The lowest BCUT2D eigenvalue weighted by atomic mass is 9.84. The first-order chi connectivity index (χ1) is 14.7. The second-order valence-corrected chi connectivity index (χ2v) is 10.3. The van der Waals surface area contributed by atoms with Gasteiger partial charge >= 0.3 is 6.09 Å². The highest BCUT2D eigenvalue weighted by atomic mass is 35.5. The smallest absolute Gasteiger partial charge is 0.407 e. The Kier molecular flexibility index (Phi) is 8.45. The fraction of sp³-hybridized carbons (Fsp3) is 0.708. The van der Waals surface area contributed by atoms with Gasteiger partial charge in [-0.25, -0.2) is 9.18 Å². The molecule has 5 nitrogen and oxygen atoms in total. The summed E-state index contributed by atoms with van der Waals surface area (Å²) in [5.74, 6) is 0.948. The minimum absolute atomic E-state index is 0.133. The van der Waals surface area contributed by atoms with Gasteiger partial charge in [-0.2, -0.15) is 0 Å². The quantitative estimate of drug-likeness (QED) is 0.590. The number of ether oxygens (including phenoxy) is 2. The monoisotopic (exact) mass is 454 g/mol. The van der Waals surface area contributed by atoms with Gasteiger partial charge in [0.15, 0.2) is 0 Å². The molecule has 1 aliphatic carbocycles. The molecule has 1 aliphatic heterocycles. The molecule has 174 valence electrons. The number of benzene rings is 1. The molecule has 3 rings (SSSR count). The highest BCUT2D eigenvalue weighted by Gasteiger charge is 2.26. The number of piperidine rings is 1. The Morgan fingerprint density at radius 2 is 1.84 bits per heavy atom. The van der Waals surface area contributed by atoms with Crippen LogP contribution in [0.3, 0.4) is 0 Å². The molecule has 1 aromatic rings. The van der Waals surface area contributed by atoms with Gasteiger partial charge in [0.2, 0.25) is 0 Å². The third kappa shape index (κ3) is 8.15. The third-order valence-corrected chi connectivity index (χ3v) is 6.44. The summed E-state index contributed by atoms with van der Waals surface area (Å²) in [6.45, 7) is 8.79. The Bertz CT molecular complexity index is 724. The van der Waals surface area contributed by atoms with Gasteiger partial charge in [0.25, 0.3) is 0 Å². The summed E-state index contributed by atoms with van der Waals surface area (Å²) in [7, 11) is 0. The van der Waals surface area contributed by atoms with Crippen molar-refractivity contribution in [3.05, 3.63) is 29.0 Å². The van der Waals surface area contributed by atoms with Crippen molar-refractivity contribution in [2.75, 3.05) is 19.6 Å². The number of carbonyl (C=O) groups is 1. The number of rotatable bonds is 6. The van der Waals surface area contributed by atoms with E-state index >= 15 is 0 Å². The number of amides is 1. The number of likely N-dealkylation sites (tertiary alicyclic amines) is 1. The average Bonchev–Trinajstić information content (AvgIpc) is 2.69. The molecule has 0 bridgehead atoms. The van der Waals surface area contributed by atoms with Crippen LogP contribution in [-0.2, 0) is 4.74 Å². The lowest BCUT2D eigenvalue weighted by Crippen LogP contribution is -2.41. The number of hydrogen-bond donors (Lipinski definition) is 1. The fourth-order valence-electron chi connectivity index (χ4n) is 4.44. The summed E-state index contributed by atoms with van der Waals surface area (Å²) < 4.78 is 24.5. The highest BCUT2D eigenvalue weighted by molar-refractivity contribution is 6.32. The van der Waals surface area contributed by atoms with Gasteiger partial charge in [0, 0.05) is 19.1 Å². The maximum Gasteiger partial charge on any atom is 0.407 e. The molecule has 1 amide bonds. The molecule has 2 fully saturated rings.